The van der Waals surface area contributed by atoms with Gasteiger partial charge in [-0.2, -0.15) is 11.3 Å². The van der Waals surface area contributed by atoms with Gasteiger partial charge in [-0.1, -0.05) is 188 Å². The van der Waals surface area contributed by atoms with Crippen LogP contribution in [0.3, 0.4) is 0 Å². The molecule has 1 aromatic heterocycles. The van der Waals surface area contributed by atoms with Crippen LogP contribution in [-0.2, 0) is 32.5 Å². The summed E-state index contributed by atoms with van der Waals surface area (Å²) in [5, 5.41) is 0. The predicted molar refractivity (Wildman–Crippen MR) is 326 cm³/mol. The van der Waals surface area contributed by atoms with Crippen LogP contribution in [-0.4, -0.2) is 6.71 Å². The first-order valence-corrected chi connectivity index (χ1v) is 28.6. The van der Waals surface area contributed by atoms with Gasteiger partial charge in [-0.05, 0) is 169 Å². The maximum Gasteiger partial charge on any atom is 0.264 e. The molecule has 0 saturated heterocycles. The second kappa shape index (κ2) is 17.1. The number of fused-ring (bicyclic) bond motifs is 7. The molecule has 0 spiro atoms. The van der Waals surface area contributed by atoms with Gasteiger partial charge in [-0.3, -0.25) is 0 Å². The molecule has 8 aromatic rings. The summed E-state index contributed by atoms with van der Waals surface area (Å²) < 4.78 is 1.48. The summed E-state index contributed by atoms with van der Waals surface area (Å²) in [4.78, 5) is 9.50. The van der Waals surface area contributed by atoms with Gasteiger partial charge in [0.05, 0.1) is 17.1 Å². The maximum absolute atomic E-state index is 2.78. The van der Waals surface area contributed by atoms with Crippen LogP contribution in [0.4, 0.5) is 51.2 Å². The van der Waals surface area contributed by atoms with Gasteiger partial charge in [0.15, 0.2) is 0 Å². The minimum atomic E-state index is -0.0658. The number of anilines is 9. The van der Waals surface area contributed by atoms with Crippen LogP contribution >= 0.6 is 11.3 Å². The summed E-state index contributed by atoms with van der Waals surface area (Å²) in [6, 6.07) is 60.8. The van der Waals surface area contributed by atoms with Crippen molar-refractivity contribution >= 4 is 84.9 Å². The molecule has 3 nitrogen and oxygen atoms in total. The van der Waals surface area contributed by atoms with Crippen LogP contribution in [0.2, 0.25) is 0 Å². The molecule has 5 heteroatoms. The first kappa shape index (κ1) is 49.6. The fourth-order valence-corrected chi connectivity index (χ4v) is 15.0. The summed E-state index contributed by atoms with van der Waals surface area (Å²) >= 11 is 2.13. The normalized spacial score (nSPS) is 17.6. The minimum absolute atomic E-state index is 0.000314. The lowest BCUT2D eigenvalue weighted by Crippen LogP contribution is -2.61. The summed E-state index contributed by atoms with van der Waals surface area (Å²) in [5.41, 5.74) is 23.4. The molecule has 0 saturated carbocycles. The van der Waals surface area contributed by atoms with E-state index in [-0.39, 0.29) is 39.2 Å². The number of benzene rings is 7. The van der Waals surface area contributed by atoms with Crippen LogP contribution in [0, 0.1) is 0 Å². The van der Waals surface area contributed by atoms with Crippen LogP contribution < -0.4 is 30.4 Å². The van der Waals surface area contributed by atoms with Crippen LogP contribution in [0.25, 0.3) is 11.1 Å². The van der Waals surface area contributed by atoms with Crippen molar-refractivity contribution in [2.45, 2.75) is 155 Å². The molecule has 2 aliphatic carbocycles. The van der Waals surface area contributed by atoms with E-state index in [0.717, 1.165) is 42.7 Å². The van der Waals surface area contributed by atoms with Gasteiger partial charge < -0.3 is 14.7 Å². The second-order valence-electron chi connectivity index (χ2n) is 27.2. The molecule has 0 amide bonds. The predicted octanol–water partition coefficient (Wildman–Crippen LogP) is 18.3. The molecule has 0 radical (unpaired) electrons. The molecule has 12 rings (SSSR count). The molecule has 0 bridgehead atoms. The van der Waals surface area contributed by atoms with Gasteiger partial charge in [0.2, 0.25) is 0 Å². The standard InChI is InChI=1S/C70H76BN3S/c1-65(2,3)46-30-33-50(34-31-46)73-57-44-54-53(67(7,8)36-37-68(54,9)10)43-55(57)71-61-58(73)41-51(72(48-26-20-16-21-27-48)49-28-22-17-23-29-49)42-59(61)74(62-60-63(75-64(62)71)70(13,14)39-38-69(60,11)12)56-35-32-47(66(4,5)6)40-52(56)45-24-18-15-19-25-45/h15-35,40-44H,36-39H2,1-14H3. The fourth-order valence-electron chi connectivity index (χ4n) is 13.2. The highest BCUT2D eigenvalue weighted by Crippen LogP contribution is 2.59. The van der Waals surface area contributed by atoms with E-state index in [0.29, 0.717) is 0 Å². The van der Waals surface area contributed by atoms with Crippen LogP contribution in [0.5, 0.6) is 0 Å². The lowest BCUT2D eigenvalue weighted by atomic mass is 9.35. The van der Waals surface area contributed by atoms with E-state index < -0.39 is 0 Å². The Bertz CT molecular complexity index is 3470. The fraction of sp³-hybridized carbons (Fsp3) is 0.343. The summed E-state index contributed by atoms with van der Waals surface area (Å²) in [7, 11) is 0. The largest absolute Gasteiger partial charge is 0.311 e. The SMILES string of the molecule is CC(C)(C)c1ccc(N2c3cc4c(cc3B3c5sc6c(c5N(c5ccc(C(C)(C)C)cc5-c5ccccc5)c5cc(N(c7ccccc7)c7ccccc7)cc2c53)C(C)(C)CCC6(C)C)C(C)(C)CCC4(C)C)cc1. The van der Waals surface area contributed by atoms with Crippen molar-refractivity contribution in [3.63, 3.8) is 0 Å². The number of rotatable bonds is 6. The van der Waals surface area contributed by atoms with E-state index in [1.807, 2.05) is 0 Å². The van der Waals surface area contributed by atoms with Crippen LogP contribution in [0.15, 0.2) is 158 Å². The molecule has 0 unspecified atom stereocenters. The van der Waals surface area contributed by atoms with E-state index >= 15 is 0 Å². The van der Waals surface area contributed by atoms with Gasteiger partial charge in [-0.25, -0.2) is 0 Å². The smallest absolute Gasteiger partial charge is 0.264 e. The maximum atomic E-state index is 2.78. The first-order chi connectivity index (χ1) is 35.4. The van der Waals surface area contributed by atoms with E-state index in [9.17, 15) is 0 Å². The number of hydrogen-bond donors (Lipinski definition) is 0. The molecule has 75 heavy (non-hydrogen) atoms. The Morgan fingerprint density at radius 1 is 0.467 bits per heavy atom. The number of nitrogens with zero attached hydrogens (tertiary/aromatic N) is 3. The molecule has 2 aliphatic heterocycles. The van der Waals surface area contributed by atoms with Gasteiger partial charge in [-0.15, -0.1) is 0 Å². The Kier molecular flexibility index (Phi) is 11.3. The van der Waals surface area contributed by atoms with Crippen LogP contribution in [0.1, 0.15) is 155 Å². The number of para-hydroxylation sites is 2. The lowest BCUT2D eigenvalue weighted by Gasteiger charge is -2.48. The average molecular weight is 1000 g/mol. The molecule has 3 heterocycles. The average Bonchev–Trinajstić information content (AvgIpc) is 3.80. The van der Waals surface area contributed by atoms with Crippen molar-refractivity contribution in [1.29, 1.82) is 0 Å². The third kappa shape index (κ3) is 8.04. The van der Waals surface area contributed by atoms with E-state index in [1.165, 1.54) is 88.8 Å². The molecule has 0 N–H and O–H groups in total. The van der Waals surface area contributed by atoms with Crippen molar-refractivity contribution in [3.05, 3.63) is 190 Å². The lowest BCUT2D eigenvalue weighted by molar-refractivity contribution is 0.332. The van der Waals surface area contributed by atoms with Gasteiger partial charge >= 0.3 is 0 Å². The summed E-state index contributed by atoms with van der Waals surface area (Å²) in [6.45, 7) is 34.1. The zero-order valence-electron chi connectivity index (χ0n) is 47.2. The second-order valence-corrected chi connectivity index (χ2v) is 28.2. The van der Waals surface area contributed by atoms with Gasteiger partial charge in [0, 0.05) is 49.3 Å². The Balaban J connectivity index is 1.28. The van der Waals surface area contributed by atoms with Gasteiger partial charge in [0.1, 0.15) is 0 Å². The number of thiophene rings is 1. The Labute approximate surface area is 453 Å². The number of hydrogen-bond acceptors (Lipinski definition) is 4. The topological polar surface area (TPSA) is 9.72 Å². The Hall–Kier alpha value is -6.30. The highest BCUT2D eigenvalue weighted by atomic mass is 32.1. The quantitative estimate of drug-likeness (QED) is 0.154. The molecule has 0 atom stereocenters. The third-order valence-electron chi connectivity index (χ3n) is 18.0. The van der Waals surface area contributed by atoms with E-state index in [4.69, 9.17) is 0 Å². The van der Waals surface area contributed by atoms with Gasteiger partial charge in [0.25, 0.3) is 6.71 Å². The van der Waals surface area contributed by atoms with E-state index in [1.54, 1.807) is 4.88 Å². The Morgan fingerprint density at radius 2 is 0.973 bits per heavy atom. The molecule has 7 aromatic carbocycles. The van der Waals surface area contributed by atoms with Crippen molar-refractivity contribution in [3.8, 4) is 11.1 Å². The minimum Gasteiger partial charge on any atom is -0.311 e. The third-order valence-corrected chi connectivity index (χ3v) is 19.6. The summed E-state index contributed by atoms with van der Waals surface area (Å²) in [5.74, 6) is 0. The van der Waals surface area contributed by atoms with E-state index in [2.05, 4.69) is 281 Å². The molecular formula is C70H76BN3S. The van der Waals surface area contributed by atoms with Crippen molar-refractivity contribution in [2.24, 2.45) is 0 Å². The molecule has 0 fully saturated rings. The molecule has 380 valence electrons. The Morgan fingerprint density at radius 3 is 1.55 bits per heavy atom. The first-order valence-electron chi connectivity index (χ1n) is 27.8. The monoisotopic (exact) mass is 1000 g/mol. The molecular weight excluding hydrogens is 926 g/mol. The zero-order chi connectivity index (χ0) is 52.8. The highest BCUT2D eigenvalue weighted by Gasteiger charge is 2.52. The molecule has 4 aliphatic rings. The highest BCUT2D eigenvalue weighted by molar-refractivity contribution is 7.29. The zero-order valence-corrected chi connectivity index (χ0v) is 48.0. The van der Waals surface area contributed by atoms with Crippen molar-refractivity contribution < 1.29 is 0 Å². The van der Waals surface area contributed by atoms with Crippen molar-refractivity contribution in [2.75, 3.05) is 14.7 Å². The summed E-state index contributed by atoms with van der Waals surface area (Å²) in [6.07, 6.45) is 4.60. The van der Waals surface area contributed by atoms with Crippen molar-refractivity contribution in [1.82, 2.24) is 0 Å².